The molecule has 0 bridgehead atoms. The first-order valence-electron chi connectivity index (χ1n) is 4.02. The first-order chi connectivity index (χ1) is 6.38. The molecule has 1 aromatic rings. The molecule has 0 aliphatic carbocycles. The molecule has 0 aliphatic heterocycles. The highest BCUT2D eigenvalue weighted by Crippen LogP contribution is 2.18. The van der Waals surface area contributed by atoms with Crippen molar-refractivity contribution in [1.82, 2.24) is 0 Å². The zero-order chi connectivity index (χ0) is 10.8. The molecule has 14 heavy (non-hydrogen) atoms. The van der Waals surface area contributed by atoms with Gasteiger partial charge >= 0.3 is 0 Å². The third kappa shape index (κ3) is 3.43. The van der Waals surface area contributed by atoms with E-state index in [0.717, 1.165) is 6.26 Å². The Hall–Kier alpha value is -0.940. The van der Waals surface area contributed by atoms with Gasteiger partial charge in [-0.3, -0.25) is 4.18 Å². The van der Waals surface area contributed by atoms with Crippen molar-refractivity contribution in [3.63, 3.8) is 0 Å². The Bertz CT molecular complexity index is 397. The zero-order valence-corrected chi connectivity index (χ0v) is 8.71. The molecule has 0 amide bonds. The van der Waals surface area contributed by atoms with Crippen molar-refractivity contribution in [1.29, 1.82) is 0 Å². The minimum atomic E-state index is -3.48. The second-order valence-corrected chi connectivity index (χ2v) is 4.59. The van der Waals surface area contributed by atoms with E-state index in [1.165, 1.54) is 24.3 Å². The van der Waals surface area contributed by atoms with E-state index in [2.05, 4.69) is 0 Å². The van der Waals surface area contributed by atoms with Crippen LogP contribution in [0.3, 0.4) is 0 Å². The molecule has 1 rings (SSSR count). The van der Waals surface area contributed by atoms with E-state index in [1.54, 1.807) is 6.92 Å². The van der Waals surface area contributed by atoms with Gasteiger partial charge in [0.25, 0.3) is 10.1 Å². The molecule has 0 radical (unpaired) electrons. The lowest BCUT2D eigenvalue weighted by atomic mass is 10.1. The Morgan fingerprint density at radius 1 is 1.29 bits per heavy atom. The van der Waals surface area contributed by atoms with Gasteiger partial charge in [-0.15, -0.1) is 0 Å². The molecule has 0 saturated carbocycles. The topological polar surface area (TPSA) is 43.4 Å². The maximum atomic E-state index is 12.5. The lowest BCUT2D eigenvalue weighted by Gasteiger charge is -2.10. The molecular formula is C9H11FO3S. The number of benzene rings is 1. The van der Waals surface area contributed by atoms with Crippen molar-refractivity contribution in [2.45, 2.75) is 13.0 Å². The van der Waals surface area contributed by atoms with E-state index in [-0.39, 0.29) is 5.82 Å². The zero-order valence-electron chi connectivity index (χ0n) is 7.90. The van der Waals surface area contributed by atoms with Crippen LogP contribution in [0, 0.1) is 5.82 Å². The van der Waals surface area contributed by atoms with Gasteiger partial charge in [-0.05, 0) is 24.6 Å². The molecule has 0 N–H and O–H groups in total. The summed E-state index contributed by atoms with van der Waals surface area (Å²) in [5.74, 6) is -0.361. The smallest absolute Gasteiger partial charge is 0.262 e. The second kappa shape index (κ2) is 4.06. The number of hydrogen-bond donors (Lipinski definition) is 0. The van der Waals surface area contributed by atoms with Crippen LogP contribution in [0.2, 0.25) is 0 Å². The summed E-state index contributed by atoms with van der Waals surface area (Å²) in [6.07, 6.45) is 0.387. The summed E-state index contributed by atoms with van der Waals surface area (Å²) in [6.45, 7) is 1.59. The predicted molar refractivity (Wildman–Crippen MR) is 50.7 cm³/mol. The minimum absolute atomic E-state index is 0.361. The number of halogens is 1. The van der Waals surface area contributed by atoms with Crippen molar-refractivity contribution in [2.24, 2.45) is 0 Å². The van der Waals surface area contributed by atoms with Gasteiger partial charge in [-0.1, -0.05) is 12.1 Å². The fourth-order valence-electron chi connectivity index (χ4n) is 1.05. The lowest BCUT2D eigenvalue weighted by Crippen LogP contribution is -2.07. The molecule has 1 unspecified atom stereocenters. The summed E-state index contributed by atoms with van der Waals surface area (Å²) in [5.41, 5.74) is 0.622. The minimum Gasteiger partial charge on any atom is -0.262 e. The van der Waals surface area contributed by atoms with Gasteiger partial charge in [0.2, 0.25) is 0 Å². The van der Waals surface area contributed by atoms with E-state index in [1.807, 2.05) is 0 Å². The highest BCUT2D eigenvalue weighted by atomic mass is 32.2. The van der Waals surface area contributed by atoms with Crippen molar-refractivity contribution in [3.8, 4) is 0 Å². The lowest BCUT2D eigenvalue weighted by molar-refractivity contribution is 0.236. The quantitative estimate of drug-likeness (QED) is 0.727. The Balaban J connectivity index is 2.80. The van der Waals surface area contributed by atoms with Gasteiger partial charge in [0.1, 0.15) is 5.82 Å². The van der Waals surface area contributed by atoms with Crippen LogP contribution in [0.1, 0.15) is 18.6 Å². The summed E-state index contributed by atoms with van der Waals surface area (Å²) in [5, 5.41) is 0. The van der Waals surface area contributed by atoms with Crippen molar-refractivity contribution in [3.05, 3.63) is 35.6 Å². The van der Waals surface area contributed by atoms with Crippen LogP contribution in [-0.4, -0.2) is 14.7 Å². The molecule has 0 aliphatic rings. The van der Waals surface area contributed by atoms with E-state index in [4.69, 9.17) is 4.18 Å². The SMILES string of the molecule is CC(OS(C)(=O)=O)c1ccc(F)cc1. The number of rotatable bonds is 3. The van der Waals surface area contributed by atoms with Crippen LogP contribution in [0.5, 0.6) is 0 Å². The second-order valence-electron chi connectivity index (χ2n) is 2.99. The largest absolute Gasteiger partial charge is 0.264 e. The van der Waals surface area contributed by atoms with Crippen molar-refractivity contribution in [2.75, 3.05) is 6.26 Å². The first-order valence-corrected chi connectivity index (χ1v) is 5.84. The van der Waals surface area contributed by atoms with Gasteiger partial charge in [-0.25, -0.2) is 4.39 Å². The molecular weight excluding hydrogens is 207 g/mol. The molecule has 3 nitrogen and oxygen atoms in total. The molecule has 78 valence electrons. The van der Waals surface area contributed by atoms with E-state index < -0.39 is 16.2 Å². The third-order valence-corrected chi connectivity index (χ3v) is 2.30. The normalized spacial score (nSPS) is 13.9. The van der Waals surface area contributed by atoms with Gasteiger partial charge in [0.15, 0.2) is 0 Å². The van der Waals surface area contributed by atoms with Gasteiger partial charge < -0.3 is 0 Å². The van der Waals surface area contributed by atoms with Crippen LogP contribution in [0.15, 0.2) is 24.3 Å². The maximum absolute atomic E-state index is 12.5. The van der Waals surface area contributed by atoms with Gasteiger partial charge in [-0.2, -0.15) is 8.42 Å². The highest BCUT2D eigenvalue weighted by Gasteiger charge is 2.11. The van der Waals surface area contributed by atoms with Crippen LogP contribution >= 0.6 is 0 Å². The van der Waals surface area contributed by atoms with E-state index in [9.17, 15) is 12.8 Å². The summed E-state index contributed by atoms with van der Waals surface area (Å²) in [4.78, 5) is 0. The first kappa shape index (κ1) is 11.1. The Morgan fingerprint density at radius 3 is 2.21 bits per heavy atom. The summed E-state index contributed by atoms with van der Waals surface area (Å²) < 4.78 is 38.8. The van der Waals surface area contributed by atoms with Crippen molar-refractivity contribution < 1.29 is 17.0 Å². The van der Waals surface area contributed by atoms with Crippen LogP contribution < -0.4 is 0 Å². The molecule has 1 atom stereocenters. The standard InChI is InChI=1S/C9H11FO3S/c1-7(13-14(2,11)12)8-3-5-9(10)6-4-8/h3-7H,1-2H3. The molecule has 1 aromatic carbocycles. The van der Waals surface area contributed by atoms with E-state index in [0.29, 0.717) is 5.56 Å². The average Bonchev–Trinajstić information content (AvgIpc) is 2.02. The summed E-state index contributed by atoms with van der Waals surface area (Å²) >= 11 is 0. The van der Waals surface area contributed by atoms with Gasteiger partial charge in [0, 0.05) is 0 Å². The fourth-order valence-corrected chi connectivity index (χ4v) is 1.69. The Labute approximate surface area is 82.6 Å². The highest BCUT2D eigenvalue weighted by molar-refractivity contribution is 7.86. The van der Waals surface area contributed by atoms with E-state index >= 15 is 0 Å². The molecule has 0 saturated heterocycles. The van der Waals surface area contributed by atoms with Crippen molar-refractivity contribution >= 4 is 10.1 Å². The molecule has 5 heteroatoms. The monoisotopic (exact) mass is 218 g/mol. The van der Waals surface area contributed by atoms with Crippen LogP contribution in [0.4, 0.5) is 4.39 Å². The predicted octanol–water partition coefficient (Wildman–Crippen LogP) is 1.86. The van der Waals surface area contributed by atoms with Crippen LogP contribution in [0.25, 0.3) is 0 Å². The number of hydrogen-bond acceptors (Lipinski definition) is 3. The Morgan fingerprint density at radius 2 is 1.79 bits per heavy atom. The Kier molecular flexibility index (Phi) is 3.23. The molecule has 0 fully saturated rings. The molecule has 0 aromatic heterocycles. The maximum Gasteiger partial charge on any atom is 0.264 e. The fraction of sp³-hybridized carbons (Fsp3) is 0.333. The third-order valence-electron chi connectivity index (χ3n) is 1.66. The van der Waals surface area contributed by atoms with Crippen LogP contribution in [-0.2, 0) is 14.3 Å². The molecule has 0 heterocycles. The average molecular weight is 218 g/mol. The molecule has 0 spiro atoms. The summed E-state index contributed by atoms with van der Waals surface area (Å²) in [7, 11) is -3.48. The summed E-state index contributed by atoms with van der Waals surface area (Å²) in [6, 6.07) is 5.51. The van der Waals surface area contributed by atoms with Gasteiger partial charge in [0.05, 0.1) is 12.4 Å².